The van der Waals surface area contributed by atoms with Crippen LogP contribution in [0.25, 0.3) is 0 Å². The molecule has 35 heavy (non-hydrogen) atoms. The maximum atomic E-state index is 12.7. The van der Waals surface area contributed by atoms with Gasteiger partial charge in [0.2, 0.25) is 0 Å². The van der Waals surface area contributed by atoms with E-state index in [1.54, 1.807) is 0 Å². The van der Waals surface area contributed by atoms with Crippen LogP contribution in [0.5, 0.6) is 11.5 Å². The first kappa shape index (κ1) is 26.5. The van der Waals surface area contributed by atoms with Gasteiger partial charge in [-0.25, -0.2) is 0 Å². The lowest BCUT2D eigenvalue weighted by Crippen LogP contribution is -2.30. The van der Waals surface area contributed by atoms with Gasteiger partial charge >= 0.3 is 5.97 Å². The lowest BCUT2D eigenvalue weighted by molar-refractivity contribution is -0.145. The number of ether oxygens (including phenoxy) is 1. The van der Waals surface area contributed by atoms with E-state index >= 15 is 0 Å². The monoisotopic (exact) mass is 473 g/mol. The fourth-order valence-electron chi connectivity index (χ4n) is 4.25. The summed E-state index contributed by atoms with van der Waals surface area (Å²) in [6.45, 7) is 14.1. The third-order valence-corrected chi connectivity index (χ3v) is 7.42. The maximum Gasteiger partial charge on any atom is 0.317 e. The zero-order valence-electron chi connectivity index (χ0n) is 22.0. The van der Waals surface area contributed by atoms with Crippen LogP contribution < -0.4 is 9.57 Å². The van der Waals surface area contributed by atoms with Gasteiger partial charge in [0.1, 0.15) is 11.5 Å². The minimum Gasteiger partial charge on any atom is -0.426 e. The summed E-state index contributed by atoms with van der Waals surface area (Å²) in [5.74, 6) is 1.22. The summed E-state index contributed by atoms with van der Waals surface area (Å²) in [6, 6.07) is 26.7. The molecule has 0 bridgehead atoms. The molecule has 1 atom stereocenters. The first-order valence-corrected chi connectivity index (χ1v) is 12.7. The summed E-state index contributed by atoms with van der Waals surface area (Å²) in [6.07, 6.45) is 1.50. The van der Waals surface area contributed by atoms with Crippen LogP contribution in [-0.2, 0) is 10.2 Å². The van der Waals surface area contributed by atoms with E-state index in [2.05, 4.69) is 69.3 Å². The number of hydrogen-bond acceptors (Lipinski definition) is 4. The Balaban J connectivity index is 1.94. The average Bonchev–Trinajstić information content (AvgIpc) is 2.92. The van der Waals surface area contributed by atoms with Gasteiger partial charge in [-0.05, 0) is 81.5 Å². The Labute approximate surface area is 210 Å². The predicted octanol–water partition coefficient (Wildman–Crippen LogP) is 7.41. The molecule has 0 fully saturated rings. The summed E-state index contributed by atoms with van der Waals surface area (Å²) in [5, 5.41) is 1.92. The number of hydrogen-bond donors (Lipinski definition) is 0. The molecular weight excluding hydrogens is 434 g/mol. The van der Waals surface area contributed by atoms with Crippen LogP contribution in [0.3, 0.4) is 0 Å². The van der Waals surface area contributed by atoms with Gasteiger partial charge in [0.25, 0.3) is 0 Å². The molecule has 0 amide bonds. The van der Waals surface area contributed by atoms with Crippen molar-refractivity contribution in [2.45, 2.75) is 59.8 Å². The van der Waals surface area contributed by atoms with E-state index in [4.69, 9.17) is 9.57 Å². The number of hydroxylamine groups is 2. The number of carbonyl (C=O) groups excluding carboxylic acids is 1. The largest absolute Gasteiger partial charge is 0.426 e. The van der Waals surface area contributed by atoms with E-state index in [0.29, 0.717) is 5.75 Å². The van der Waals surface area contributed by atoms with Crippen molar-refractivity contribution in [3.8, 4) is 11.5 Å². The average molecular weight is 474 g/mol. The van der Waals surface area contributed by atoms with Gasteiger partial charge in [-0.2, -0.15) is 0 Å². The van der Waals surface area contributed by atoms with E-state index in [-0.39, 0.29) is 11.4 Å². The molecule has 0 radical (unpaired) electrons. The molecule has 0 N–H and O–H groups in total. The molecule has 0 heterocycles. The first-order chi connectivity index (χ1) is 16.8. The van der Waals surface area contributed by atoms with Gasteiger partial charge < -0.3 is 9.57 Å². The molecule has 4 nitrogen and oxygen atoms in total. The van der Waals surface area contributed by atoms with Crippen molar-refractivity contribution in [3.63, 3.8) is 0 Å². The minimum atomic E-state index is -0.466. The number of esters is 1. The summed E-state index contributed by atoms with van der Waals surface area (Å²) >= 11 is 0. The molecule has 186 valence electrons. The Hall–Kier alpha value is -3.11. The van der Waals surface area contributed by atoms with Gasteiger partial charge in [-0.3, -0.25) is 4.79 Å². The highest BCUT2D eigenvalue weighted by molar-refractivity contribution is 5.78. The molecule has 0 saturated carbocycles. The number of rotatable bonds is 11. The lowest BCUT2D eigenvalue weighted by Gasteiger charge is -2.32. The molecule has 3 aromatic rings. The minimum absolute atomic E-state index is 0.176. The molecule has 1 unspecified atom stereocenters. The zero-order valence-corrected chi connectivity index (χ0v) is 22.0. The maximum absolute atomic E-state index is 12.7. The Morgan fingerprint density at radius 3 is 1.60 bits per heavy atom. The van der Waals surface area contributed by atoms with Gasteiger partial charge in [-0.15, -0.1) is 5.06 Å². The van der Waals surface area contributed by atoms with E-state index in [1.807, 2.05) is 56.2 Å². The third-order valence-electron chi connectivity index (χ3n) is 7.42. The molecule has 0 aliphatic carbocycles. The van der Waals surface area contributed by atoms with Crippen LogP contribution in [0.2, 0.25) is 0 Å². The van der Waals surface area contributed by atoms with Crippen molar-refractivity contribution < 1.29 is 14.4 Å². The lowest BCUT2D eigenvalue weighted by atomic mass is 9.71. The fraction of sp³-hybridized carbons (Fsp3) is 0.387. The SMILES string of the molecule is CCN(CC)Oc1ccc(C(C)(c2ccccc2)c2ccc(OC(=O)C(C)(CC)CC)cc2)cc1. The summed E-state index contributed by atoms with van der Waals surface area (Å²) < 4.78 is 5.75. The van der Waals surface area contributed by atoms with E-state index in [1.165, 1.54) is 5.56 Å². The van der Waals surface area contributed by atoms with Gasteiger partial charge in [0.05, 0.1) is 5.41 Å². The van der Waals surface area contributed by atoms with Crippen LogP contribution in [-0.4, -0.2) is 24.1 Å². The molecule has 4 heteroatoms. The second kappa shape index (κ2) is 11.5. The summed E-state index contributed by atoms with van der Waals surface area (Å²) in [5.41, 5.74) is 2.61. The number of carbonyl (C=O) groups is 1. The fourth-order valence-corrected chi connectivity index (χ4v) is 4.25. The van der Waals surface area contributed by atoms with Crippen LogP contribution in [0, 0.1) is 5.41 Å². The van der Waals surface area contributed by atoms with E-state index in [9.17, 15) is 4.79 Å². The Bertz CT molecular complexity index is 1070. The molecular formula is C31H39NO3. The van der Waals surface area contributed by atoms with Gasteiger partial charge in [0.15, 0.2) is 0 Å². The van der Waals surface area contributed by atoms with Crippen molar-refractivity contribution in [1.82, 2.24) is 5.06 Å². The number of benzene rings is 3. The van der Waals surface area contributed by atoms with Crippen molar-refractivity contribution >= 4 is 5.97 Å². The van der Waals surface area contributed by atoms with Crippen LogP contribution in [0.15, 0.2) is 78.9 Å². The normalized spacial score (nSPS) is 13.3. The molecule has 0 aliphatic heterocycles. The quantitative estimate of drug-likeness (QED) is 0.126. The van der Waals surface area contributed by atoms with E-state index < -0.39 is 5.41 Å². The first-order valence-electron chi connectivity index (χ1n) is 12.7. The highest BCUT2D eigenvalue weighted by atomic mass is 16.7. The zero-order chi connectivity index (χ0) is 25.5. The number of nitrogens with zero attached hydrogens (tertiary/aromatic N) is 1. The second-order valence-corrected chi connectivity index (χ2v) is 9.40. The molecule has 0 spiro atoms. The van der Waals surface area contributed by atoms with Gasteiger partial charge in [-0.1, -0.05) is 68.4 Å². The van der Waals surface area contributed by atoms with Crippen LogP contribution >= 0.6 is 0 Å². The molecule has 0 aliphatic rings. The van der Waals surface area contributed by atoms with Crippen molar-refractivity contribution in [1.29, 1.82) is 0 Å². The second-order valence-electron chi connectivity index (χ2n) is 9.40. The highest BCUT2D eigenvalue weighted by Gasteiger charge is 2.33. The molecule has 3 aromatic carbocycles. The van der Waals surface area contributed by atoms with Crippen molar-refractivity contribution in [2.24, 2.45) is 5.41 Å². The van der Waals surface area contributed by atoms with Crippen LogP contribution in [0.1, 0.15) is 71.1 Å². The summed E-state index contributed by atoms with van der Waals surface area (Å²) in [7, 11) is 0. The standard InChI is InChI=1S/C31H39NO3/c1-7-30(5,8-2)29(33)34-27-20-16-25(17-21-27)31(6,24-14-12-11-13-15-24)26-18-22-28(23-19-26)35-32(9-3)10-4/h11-23H,7-10H2,1-6H3. The van der Waals surface area contributed by atoms with Gasteiger partial charge in [0, 0.05) is 18.5 Å². The summed E-state index contributed by atoms with van der Waals surface area (Å²) in [4.78, 5) is 18.7. The Kier molecular flexibility index (Phi) is 8.74. The molecule has 0 saturated heterocycles. The Morgan fingerprint density at radius 2 is 1.14 bits per heavy atom. The van der Waals surface area contributed by atoms with Crippen molar-refractivity contribution in [3.05, 3.63) is 95.6 Å². The predicted molar refractivity (Wildman–Crippen MR) is 143 cm³/mol. The third kappa shape index (κ3) is 5.76. The molecule has 3 rings (SSSR count). The Morgan fingerprint density at radius 1 is 0.686 bits per heavy atom. The topological polar surface area (TPSA) is 38.8 Å². The molecule has 0 aromatic heterocycles. The van der Waals surface area contributed by atoms with Crippen LogP contribution in [0.4, 0.5) is 0 Å². The highest BCUT2D eigenvalue weighted by Crippen LogP contribution is 2.40. The van der Waals surface area contributed by atoms with E-state index in [0.717, 1.165) is 42.8 Å². The smallest absolute Gasteiger partial charge is 0.317 e. The van der Waals surface area contributed by atoms with Crippen molar-refractivity contribution in [2.75, 3.05) is 13.1 Å².